The van der Waals surface area contributed by atoms with E-state index in [0.29, 0.717) is 17.1 Å². The molecule has 1 N–H and O–H groups in total. The Balaban J connectivity index is 1.49. The normalized spacial score (nSPS) is 12.8. The average molecular weight is 424 g/mol. The van der Waals surface area contributed by atoms with Gasteiger partial charge in [-0.25, -0.2) is 4.79 Å². The minimum absolute atomic E-state index is 0.0375. The van der Waals surface area contributed by atoms with Gasteiger partial charge in [0.2, 0.25) is 0 Å². The Hall–Kier alpha value is -3.88. The number of carbonyl (C=O) groups excluding carboxylic acids is 1. The topological polar surface area (TPSA) is 121 Å². The van der Waals surface area contributed by atoms with Gasteiger partial charge in [0, 0.05) is 17.0 Å². The Morgan fingerprint density at radius 2 is 1.87 bits per heavy atom. The maximum Gasteiger partial charge on any atom is 0.339 e. The van der Waals surface area contributed by atoms with Gasteiger partial charge in [-0.2, -0.15) is 0 Å². The number of amides is 1. The van der Waals surface area contributed by atoms with Crippen LogP contribution < -0.4 is 20.4 Å². The minimum atomic E-state index is -0.606. The number of nitrogens with zero attached hydrogens (tertiary/aromatic N) is 1. The van der Waals surface area contributed by atoms with Crippen molar-refractivity contribution >= 4 is 28.3 Å². The zero-order valence-corrected chi connectivity index (χ0v) is 16.8. The summed E-state index contributed by atoms with van der Waals surface area (Å²) in [5.74, 6) is 0.0897. The number of rotatable bonds is 6. The number of fused-ring (bicyclic) bond motifs is 3. The smallest absolute Gasteiger partial charge is 0.339 e. The van der Waals surface area contributed by atoms with Gasteiger partial charge < -0.3 is 19.2 Å². The fourth-order valence-electron chi connectivity index (χ4n) is 3.75. The van der Waals surface area contributed by atoms with Crippen molar-refractivity contribution in [2.24, 2.45) is 0 Å². The van der Waals surface area contributed by atoms with E-state index in [4.69, 9.17) is 13.9 Å². The largest absolute Gasteiger partial charge is 0.496 e. The number of hydrogen-bond donors (Lipinski definition) is 1. The van der Waals surface area contributed by atoms with Crippen LogP contribution in [-0.2, 0) is 17.6 Å². The number of methoxy groups -OCH3 is 1. The van der Waals surface area contributed by atoms with Crippen molar-refractivity contribution in [2.45, 2.75) is 25.7 Å². The van der Waals surface area contributed by atoms with Crippen molar-refractivity contribution in [3.8, 4) is 11.5 Å². The number of anilines is 1. The lowest BCUT2D eigenvalue weighted by atomic mass is 9.91. The molecule has 9 nitrogen and oxygen atoms in total. The Morgan fingerprint density at radius 1 is 1.13 bits per heavy atom. The van der Waals surface area contributed by atoms with Crippen molar-refractivity contribution in [1.82, 2.24) is 0 Å². The van der Waals surface area contributed by atoms with Crippen molar-refractivity contribution in [3.63, 3.8) is 0 Å². The number of hydrogen-bond acceptors (Lipinski definition) is 7. The molecule has 0 bridgehead atoms. The zero-order valence-electron chi connectivity index (χ0n) is 16.8. The van der Waals surface area contributed by atoms with Crippen LogP contribution in [0.5, 0.6) is 11.5 Å². The van der Waals surface area contributed by atoms with E-state index in [0.717, 1.165) is 42.2 Å². The third kappa shape index (κ3) is 4.20. The molecular formula is C22H20N2O7. The molecule has 1 amide bonds. The fourth-order valence-corrected chi connectivity index (χ4v) is 3.75. The van der Waals surface area contributed by atoms with Crippen LogP contribution in [0.2, 0.25) is 0 Å². The lowest BCUT2D eigenvalue weighted by molar-refractivity contribution is -0.384. The number of carbonyl (C=O) groups is 1. The summed E-state index contributed by atoms with van der Waals surface area (Å²) in [6.07, 6.45) is 3.57. The quantitative estimate of drug-likeness (QED) is 0.364. The number of nitro benzene ring substituents is 1. The highest BCUT2D eigenvalue weighted by molar-refractivity contribution is 5.94. The molecule has 2 aromatic carbocycles. The lowest BCUT2D eigenvalue weighted by Crippen LogP contribution is -2.20. The van der Waals surface area contributed by atoms with Gasteiger partial charge in [-0.3, -0.25) is 14.9 Å². The maximum absolute atomic E-state index is 12.3. The van der Waals surface area contributed by atoms with E-state index in [2.05, 4.69) is 5.32 Å². The van der Waals surface area contributed by atoms with E-state index in [1.165, 1.54) is 25.3 Å². The second kappa shape index (κ2) is 8.47. The molecule has 0 spiro atoms. The van der Waals surface area contributed by atoms with E-state index >= 15 is 0 Å². The summed E-state index contributed by atoms with van der Waals surface area (Å²) in [4.78, 5) is 35.1. The van der Waals surface area contributed by atoms with E-state index in [9.17, 15) is 19.7 Å². The maximum atomic E-state index is 12.3. The summed E-state index contributed by atoms with van der Waals surface area (Å²) >= 11 is 0. The first-order valence-electron chi connectivity index (χ1n) is 9.80. The van der Waals surface area contributed by atoms with Crippen LogP contribution in [0.15, 0.2) is 45.6 Å². The highest BCUT2D eigenvalue weighted by atomic mass is 16.6. The minimum Gasteiger partial charge on any atom is -0.496 e. The number of ether oxygens (including phenoxy) is 2. The van der Waals surface area contributed by atoms with Gasteiger partial charge in [0.05, 0.1) is 18.1 Å². The van der Waals surface area contributed by atoms with Gasteiger partial charge in [-0.1, -0.05) is 0 Å². The first-order valence-corrected chi connectivity index (χ1v) is 9.80. The molecule has 4 rings (SSSR count). The van der Waals surface area contributed by atoms with Crippen molar-refractivity contribution < 1.29 is 23.6 Å². The molecule has 160 valence electrons. The number of nitrogens with one attached hydrogen (secondary N) is 1. The predicted octanol–water partition coefficient (Wildman–Crippen LogP) is 3.61. The van der Waals surface area contributed by atoms with Crippen LogP contribution >= 0.6 is 0 Å². The molecule has 1 aromatic heterocycles. The Kier molecular flexibility index (Phi) is 5.57. The molecule has 3 aromatic rings. The summed E-state index contributed by atoms with van der Waals surface area (Å²) in [5.41, 5.74) is 1.60. The van der Waals surface area contributed by atoms with Crippen LogP contribution in [0.1, 0.15) is 24.0 Å². The molecule has 0 unspecified atom stereocenters. The van der Waals surface area contributed by atoms with Gasteiger partial charge >= 0.3 is 5.63 Å². The molecule has 0 aliphatic heterocycles. The molecule has 0 saturated carbocycles. The Labute approximate surface area is 176 Å². The molecule has 1 heterocycles. The molecule has 1 aliphatic carbocycles. The van der Waals surface area contributed by atoms with Gasteiger partial charge in [-0.05, 0) is 55.5 Å². The van der Waals surface area contributed by atoms with Crippen LogP contribution in [0.4, 0.5) is 11.4 Å². The lowest BCUT2D eigenvalue weighted by Gasteiger charge is -2.16. The molecule has 0 radical (unpaired) electrons. The highest BCUT2D eigenvalue weighted by Crippen LogP contribution is 2.30. The SMILES string of the molecule is COc1ccc(NC(=O)COc2ccc3c4c(c(=O)oc3c2)CCCC4)c([N+](=O)[O-])c1. The number of aryl methyl sites for hydroxylation is 1. The van der Waals surface area contributed by atoms with Gasteiger partial charge in [0.1, 0.15) is 22.8 Å². The van der Waals surface area contributed by atoms with E-state index in [1.807, 2.05) is 6.07 Å². The average Bonchev–Trinajstić information content (AvgIpc) is 2.78. The van der Waals surface area contributed by atoms with Gasteiger partial charge in [-0.15, -0.1) is 0 Å². The van der Waals surface area contributed by atoms with Gasteiger partial charge in [0.25, 0.3) is 11.6 Å². The molecule has 9 heteroatoms. The van der Waals surface area contributed by atoms with Gasteiger partial charge in [0.15, 0.2) is 6.61 Å². The summed E-state index contributed by atoms with van der Waals surface area (Å²) in [6, 6.07) is 9.24. The summed E-state index contributed by atoms with van der Waals surface area (Å²) in [7, 11) is 1.40. The standard InChI is InChI=1S/C22H20N2O7/c1-29-13-7-9-18(19(10-13)24(27)28)23-21(25)12-30-14-6-8-16-15-4-2-3-5-17(15)22(26)31-20(16)11-14/h6-11H,2-5,12H2,1H3,(H,23,25). The summed E-state index contributed by atoms with van der Waals surface area (Å²) < 4.78 is 15.9. The van der Waals surface area contributed by atoms with Crippen molar-refractivity contribution in [1.29, 1.82) is 0 Å². The second-order valence-electron chi connectivity index (χ2n) is 7.19. The summed E-state index contributed by atoms with van der Waals surface area (Å²) in [6.45, 7) is -0.371. The molecule has 0 fully saturated rings. The first kappa shape index (κ1) is 20.4. The van der Waals surface area contributed by atoms with E-state index in [1.54, 1.807) is 12.1 Å². The highest BCUT2D eigenvalue weighted by Gasteiger charge is 2.19. The second-order valence-corrected chi connectivity index (χ2v) is 7.19. The first-order chi connectivity index (χ1) is 15.0. The molecular weight excluding hydrogens is 404 g/mol. The summed E-state index contributed by atoms with van der Waals surface area (Å²) in [5, 5.41) is 14.6. The molecule has 0 atom stereocenters. The van der Waals surface area contributed by atoms with Crippen molar-refractivity contribution in [2.75, 3.05) is 19.0 Å². The van der Waals surface area contributed by atoms with Crippen molar-refractivity contribution in [3.05, 3.63) is 68.1 Å². The van der Waals surface area contributed by atoms with Crippen LogP contribution in [-0.4, -0.2) is 24.5 Å². The van der Waals surface area contributed by atoms with Crippen LogP contribution in [0, 0.1) is 10.1 Å². The third-order valence-corrected chi connectivity index (χ3v) is 5.24. The third-order valence-electron chi connectivity index (χ3n) is 5.24. The van der Waals surface area contributed by atoms with E-state index < -0.39 is 10.8 Å². The number of nitro groups is 1. The Morgan fingerprint density at radius 3 is 2.61 bits per heavy atom. The van der Waals surface area contributed by atoms with E-state index in [-0.39, 0.29) is 23.6 Å². The Bertz CT molecular complexity index is 1230. The molecule has 0 saturated heterocycles. The molecule has 31 heavy (non-hydrogen) atoms. The zero-order chi connectivity index (χ0) is 22.0. The van der Waals surface area contributed by atoms with Crippen LogP contribution in [0.3, 0.4) is 0 Å². The monoisotopic (exact) mass is 424 g/mol. The predicted molar refractivity (Wildman–Crippen MR) is 113 cm³/mol. The fraction of sp³-hybridized carbons (Fsp3) is 0.273. The molecule has 1 aliphatic rings. The van der Waals surface area contributed by atoms with Crippen LogP contribution in [0.25, 0.3) is 11.0 Å². The number of benzene rings is 2.